The maximum Gasteiger partial charge on any atom is 0.308 e. The average molecular weight is 302 g/mol. The van der Waals surface area contributed by atoms with Crippen LogP contribution in [0.5, 0.6) is 0 Å². The number of aliphatic carboxylic acids is 1. The first-order valence-corrected chi connectivity index (χ1v) is 7.40. The molecule has 2 atom stereocenters. The smallest absolute Gasteiger partial charge is 0.308 e. The second kappa shape index (κ2) is 5.44. The lowest BCUT2D eigenvalue weighted by Gasteiger charge is -2.26. The molecule has 1 aromatic rings. The van der Waals surface area contributed by atoms with Gasteiger partial charge in [0.05, 0.1) is 12.0 Å². The van der Waals surface area contributed by atoms with Gasteiger partial charge in [0.25, 0.3) is 0 Å². The highest BCUT2D eigenvalue weighted by atomic mass is 16.4. The number of carbonyl (C=O) groups is 3. The van der Waals surface area contributed by atoms with Gasteiger partial charge in [0, 0.05) is 25.1 Å². The number of nitrogens with zero attached hydrogens (tertiary/aromatic N) is 1. The summed E-state index contributed by atoms with van der Waals surface area (Å²) < 4.78 is 0. The molecule has 0 aliphatic carbocycles. The Kier molecular flexibility index (Phi) is 3.60. The monoisotopic (exact) mass is 302 g/mol. The van der Waals surface area contributed by atoms with Crippen LogP contribution in [0, 0.1) is 5.92 Å². The highest BCUT2D eigenvalue weighted by molar-refractivity contribution is 5.94. The molecule has 0 saturated carbocycles. The van der Waals surface area contributed by atoms with Crippen LogP contribution in [-0.2, 0) is 20.8 Å². The third-order valence-electron chi connectivity index (χ3n) is 4.48. The van der Waals surface area contributed by atoms with E-state index < -0.39 is 11.9 Å². The van der Waals surface area contributed by atoms with Gasteiger partial charge in [-0.15, -0.1) is 0 Å². The first-order chi connectivity index (χ1) is 10.5. The first kappa shape index (κ1) is 14.6. The van der Waals surface area contributed by atoms with E-state index in [4.69, 9.17) is 5.11 Å². The number of rotatable bonds is 3. The molecule has 1 aromatic carbocycles. The van der Waals surface area contributed by atoms with Crippen molar-refractivity contribution in [3.8, 4) is 0 Å². The summed E-state index contributed by atoms with van der Waals surface area (Å²) in [5.74, 6) is -1.64. The SMILES string of the molecule is C[C@@H](c1ccc2c(c1)CCC(=O)N2)N1C[C@H](C(=O)O)CC1=O. The van der Waals surface area contributed by atoms with E-state index in [1.807, 2.05) is 25.1 Å². The van der Waals surface area contributed by atoms with Gasteiger partial charge >= 0.3 is 5.97 Å². The fourth-order valence-corrected chi connectivity index (χ4v) is 3.11. The second-order valence-corrected chi connectivity index (χ2v) is 5.93. The van der Waals surface area contributed by atoms with E-state index in [9.17, 15) is 14.4 Å². The van der Waals surface area contributed by atoms with Crippen LogP contribution in [0.4, 0.5) is 5.69 Å². The van der Waals surface area contributed by atoms with Crippen molar-refractivity contribution >= 4 is 23.5 Å². The van der Waals surface area contributed by atoms with Crippen molar-refractivity contribution in [1.29, 1.82) is 0 Å². The Balaban J connectivity index is 1.81. The summed E-state index contributed by atoms with van der Waals surface area (Å²) in [4.78, 5) is 36.1. The molecular weight excluding hydrogens is 284 g/mol. The second-order valence-electron chi connectivity index (χ2n) is 5.93. The minimum Gasteiger partial charge on any atom is -0.481 e. The van der Waals surface area contributed by atoms with Crippen LogP contribution in [0.25, 0.3) is 0 Å². The van der Waals surface area contributed by atoms with Crippen molar-refractivity contribution in [2.24, 2.45) is 5.92 Å². The molecule has 2 aliphatic rings. The minimum atomic E-state index is -0.920. The highest BCUT2D eigenvalue weighted by Gasteiger charge is 2.37. The third kappa shape index (κ3) is 2.56. The predicted octanol–water partition coefficient (Wildman–Crippen LogP) is 1.57. The van der Waals surface area contributed by atoms with Gasteiger partial charge in [-0.3, -0.25) is 14.4 Å². The van der Waals surface area contributed by atoms with E-state index in [0.29, 0.717) is 12.8 Å². The van der Waals surface area contributed by atoms with Crippen molar-refractivity contribution in [2.45, 2.75) is 32.2 Å². The van der Waals surface area contributed by atoms with Gasteiger partial charge in [-0.1, -0.05) is 12.1 Å². The molecule has 0 unspecified atom stereocenters. The Morgan fingerprint density at radius 3 is 2.82 bits per heavy atom. The largest absolute Gasteiger partial charge is 0.481 e. The molecule has 0 spiro atoms. The van der Waals surface area contributed by atoms with Gasteiger partial charge in [0.15, 0.2) is 0 Å². The van der Waals surface area contributed by atoms with Crippen molar-refractivity contribution in [1.82, 2.24) is 4.90 Å². The van der Waals surface area contributed by atoms with E-state index in [1.165, 1.54) is 0 Å². The van der Waals surface area contributed by atoms with Crippen LogP contribution < -0.4 is 5.32 Å². The standard InChI is InChI=1S/C16H18N2O4/c1-9(18-8-12(16(21)22)7-15(18)20)10-2-4-13-11(6-10)3-5-14(19)17-13/h2,4,6,9,12H,3,5,7-8H2,1H3,(H,17,19)(H,21,22)/t9-,12+/m0/s1. The van der Waals surface area contributed by atoms with E-state index >= 15 is 0 Å². The van der Waals surface area contributed by atoms with E-state index in [-0.39, 0.29) is 30.8 Å². The number of amides is 2. The molecule has 2 aliphatic heterocycles. The number of benzene rings is 1. The Hall–Kier alpha value is -2.37. The molecule has 2 N–H and O–H groups in total. The van der Waals surface area contributed by atoms with Gasteiger partial charge in [0.2, 0.25) is 11.8 Å². The molecule has 0 bridgehead atoms. The van der Waals surface area contributed by atoms with Gasteiger partial charge < -0.3 is 15.3 Å². The number of aryl methyl sites for hydroxylation is 1. The van der Waals surface area contributed by atoms with Gasteiger partial charge in [-0.25, -0.2) is 0 Å². The molecule has 22 heavy (non-hydrogen) atoms. The van der Waals surface area contributed by atoms with Crippen molar-refractivity contribution in [2.75, 3.05) is 11.9 Å². The van der Waals surface area contributed by atoms with E-state index in [1.54, 1.807) is 4.90 Å². The minimum absolute atomic E-state index is 0.0207. The number of hydrogen-bond acceptors (Lipinski definition) is 3. The van der Waals surface area contributed by atoms with Gasteiger partial charge in [0.1, 0.15) is 0 Å². The average Bonchev–Trinajstić information content (AvgIpc) is 2.88. The lowest BCUT2D eigenvalue weighted by molar-refractivity contribution is -0.141. The summed E-state index contributed by atoms with van der Waals surface area (Å²) in [7, 11) is 0. The molecule has 1 fully saturated rings. The number of fused-ring (bicyclic) bond motifs is 1. The zero-order chi connectivity index (χ0) is 15.9. The number of carboxylic acids is 1. The third-order valence-corrected chi connectivity index (χ3v) is 4.48. The molecule has 1 saturated heterocycles. The van der Waals surface area contributed by atoms with Gasteiger partial charge in [-0.2, -0.15) is 0 Å². The van der Waals surface area contributed by atoms with Crippen LogP contribution in [0.1, 0.15) is 36.9 Å². The maximum absolute atomic E-state index is 12.0. The molecule has 2 heterocycles. The number of likely N-dealkylation sites (tertiary alicyclic amines) is 1. The number of anilines is 1. The normalized spacial score (nSPS) is 22.2. The number of carboxylic acid groups (broad SMARTS) is 1. The molecule has 0 radical (unpaired) electrons. The Morgan fingerprint density at radius 2 is 2.14 bits per heavy atom. The number of hydrogen-bond donors (Lipinski definition) is 2. The summed E-state index contributed by atoms with van der Waals surface area (Å²) >= 11 is 0. The molecule has 2 amide bonds. The molecule has 6 heteroatoms. The lowest BCUT2D eigenvalue weighted by Crippen LogP contribution is -2.29. The van der Waals surface area contributed by atoms with Crippen LogP contribution in [0.2, 0.25) is 0 Å². The lowest BCUT2D eigenvalue weighted by atomic mass is 9.97. The molecular formula is C16H18N2O4. The van der Waals surface area contributed by atoms with Crippen LogP contribution in [0.3, 0.4) is 0 Å². The zero-order valence-electron chi connectivity index (χ0n) is 12.3. The highest BCUT2D eigenvalue weighted by Crippen LogP contribution is 2.32. The van der Waals surface area contributed by atoms with Crippen molar-refractivity contribution < 1.29 is 19.5 Å². The fourth-order valence-electron chi connectivity index (χ4n) is 3.11. The summed E-state index contributed by atoms with van der Waals surface area (Å²) in [6.07, 6.45) is 1.22. The number of nitrogens with one attached hydrogen (secondary N) is 1. The number of carbonyl (C=O) groups excluding carboxylic acids is 2. The van der Waals surface area contributed by atoms with E-state index in [0.717, 1.165) is 16.8 Å². The van der Waals surface area contributed by atoms with Crippen molar-refractivity contribution in [3.63, 3.8) is 0 Å². The summed E-state index contributed by atoms with van der Waals surface area (Å²) in [6.45, 7) is 2.16. The fraction of sp³-hybridized carbons (Fsp3) is 0.438. The molecule has 0 aromatic heterocycles. The maximum atomic E-state index is 12.0. The Bertz CT molecular complexity index is 656. The van der Waals surface area contributed by atoms with E-state index in [2.05, 4.69) is 5.32 Å². The quantitative estimate of drug-likeness (QED) is 0.887. The van der Waals surface area contributed by atoms with Crippen LogP contribution in [0.15, 0.2) is 18.2 Å². The van der Waals surface area contributed by atoms with Crippen LogP contribution >= 0.6 is 0 Å². The zero-order valence-corrected chi connectivity index (χ0v) is 12.3. The van der Waals surface area contributed by atoms with Crippen LogP contribution in [-0.4, -0.2) is 34.3 Å². The topological polar surface area (TPSA) is 86.7 Å². The molecule has 3 rings (SSSR count). The Labute approximate surface area is 128 Å². The summed E-state index contributed by atoms with van der Waals surface area (Å²) in [6, 6.07) is 5.57. The first-order valence-electron chi connectivity index (χ1n) is 7.40. The van der Waals surface area contributed by atoms with Gasteiger partial charge in [-0.05, 0) is 30.5 Å². The molecule has 116 valence electrons. The summed E-state index contributed by atoms with van der Waals surface area (Å²) in [5.41, 5.74) is 2.85. The molecule has 6 nitrogen and oxygen atoms in total. The van der Waals surface area contributed by atoms with Crippen molar-refractivity contribution in [3.05, 3.63) is 29.3 Å². The summed E-state index contributed by atoms with van der Waals surface area (Å²) in [5, 5.41) is 11.9. The Morgan fingerprint density at radius 1 is 1.36 bits per heavy atom. The predicted molar refractivity (Wildman–Crippen MR) is 79.3 cm³/mol.